The fourth-order valence-electron chi connectivity index (χ4n) is 2.81. The van der Waals surface area contributed by atoms with Gasteiger partial charge in [0.25, 0.3) is 0 Å². The molecule has 5 heteroatoms. The van der Waals surface area contributed by atoms with Crippen molar-refractivity contribution in [2.45, 2.75) is 19.6 Å². The number of hydrogen-bond donors (Lipinski definition) is 0. The minimum atomic E-state index is -0.755. The highest BCUT2D eigenvalue weighted by molar-refractivity contribution is 6.32. The van der Waals surface area contributed by atoms with E-state index >= 15 is 0 Å². The van der Waals surface area contributed by atoms with Crippen molar-refractivity contribution in [3.63, 3.8) is 0 Å². The molecular formula is C16H20N2O3. The molecule has 2 saturated heterocycles. The number of nitrogens with zero attached hydrogens (tertiary/aromatic N) is 2. The molecule has 1 aromatic rings. The van der Waals surface area contributed by atoms with Gasteiger partial charge in [0.15, 0.2) is 0 Å². The molecule has 0 radical (unpaired) electrons. The van der Waals surface area contributed by atoms with Gasteiger partial charge in [0.1, 0.15) is 6.61 Å². The zero-order chi connectivity index (χ0) is 14.8. The number of likely N-dealkylation sites (tertiary alicyclic amines) is 2. The zero-order valence-corrected chi connectivity index (χ0v) is 12.2. The fraction of sp³-hybridized carbons (Fsp3) is 0.500. The minimum absolute atomic E-state index is 0.145. The molecule has 112 valence electrons. The summed E-state index contributed by atoms with van der Waals surface area (Å²) in [6.07, 6.45) is 0. The highest BCUT2D eigenvalue weighted by Crippen LogP contribution is 2.24. The highest BCUT2D eigenvalue weighted by atomic mass is 16.5. The van der Waals surface area contributed by atoms with Crippen LogP contribution in [-0.2, 0) is 20.9 Å². The first-order valence-electron chi connectivity index (χ1n) is 7.37. The summed E-state index contributed by atoms with van der Waals surface area (Å²) in [4.78, 5) is 27.6. The number of amides is 1. The lowest BCUT2D eigenvalue weighted by molar-refractivity contribution is -0.165. The molecule has 2 heterocycles. The summed E-state index contributed by atoms with van der Waals surface area (Å²) >= 11 is 0. The Morgan fingerprint density at radius 1 is 1.14 bits per heavy atom. The van der Waals surface area contributed by atoms with Crippen molar-refractivity contribution in [3.8, 4) is 0 Å². The SMILES string of the molecule is CC1CN(C2CN(C(=O)C(=O)OCc3ccccc3)C2)C1. The molecule has 0 spiro atoms. The van der Waals surface area contributed by atoms with Crippen molar-refractivity contribution in [2.24, 2.45) is 5.92 Å². The van der Waals surface area contributed by atoms with Gasteiger partial charge in [-0.25, -0.2) is 4.79 Å². The normalized spacial score (nSPS) is 19.8. The van der Waals surface area contributed by atoms with E-state index in [1.807, 2.05) is 30.3 Å². The third kappa shape index (κ3) is 3.08. The van der Waals surface area contributed by atoms with Crippen molar-refractivity contribution in [3.05, 3.63) is 35.9 Å². The third-order valence-electron chi connectivity index (χ3n) is 4.15. The van der Waals surface area contributed by atoms with Crippen molar-refractivity contribution < 1.29 is 14.3 Å². The molecule has 0 aliphatic carbocycles. The van der Waals surface area contributed by atoms with Crippen LogP contribution in [-0.4, -0.2) is 53.9 Å². The molecule has 0 aromatic heterocycles. The van der Waals surface area contributed by atoms with Crippen LogP contribution in [0.3, 0.4) is 0 Å². The second kappa shape index (κ2) is 5.85. The quantitative estimate of drug-likeness (QED) is 0.612. The minimum Gasteiger partial charge on any atom is -0.454 e. The molecule has 2 aliphatic heterocycles. The average molecular weight is 288 g/mol. The number of carbonyl (C=O) groups is 2. The van der Waals surface area contributed by atoms with Crippen LogP contribution in [0.1, 0.15) is 12.5 Å². The first kappa shape index (κ1) is 14.1. The van der Waals surface area contributed by atoms with E-state index < -0.39 is 11.9 Å². The summed E-state index contributed by atoms with van der Waals surface area (Å²) in [6.45, 7) is 5.86. The summed E-state index contributed by atoms with van der Waals surface area (Å²) in [6, 6.07) is 9.79. The van der Waals surface area contributed by atoms with Gasteiger partial charge in [-0.15, -0.1) is 0 Å². The summed E-state index contributed by atoms with van der Waals surface area (Å²) in [5, 5.41) is 0. The maximum atomic E-state index is 11.9. The molecule has 0 unspecified atom stereocenters. The topological polar surface area (TPSA) is 49.9 Å². The molecule has 3 rings (SSSR count). The number of esters is 1. The second-order valence-corrected chi connectivity index (χ2v) is 5.98. The Kier molecular flexibility index (Phi) is 3.92. The fourth-order valence-corrected chi connectivity index (χ4v) is 2.81. The number of ether oxygens (including phenoxy) is 1. The van der Waals surface area contributed by atoms with Crippen molar-refractivity contribution >= 4 is 11.9 Å². The molecule has 2 aliphatic rings. The molecule has 0 N–H and O–H groups in total. The Balaban J connectivity index is 1.41. The van der Waals surface area contributed by atoms with E-state index in [4.69, 9.17) is 4.74 Å². The number of hydrogen-bond acceptors (Lipinski definition) is 4. The number of benzene rings is 1. The zero-order valence-electron chi connectivity index (χ0n) is 12.2. The van der Waals surface area contributed by atoms with E-state index in [-0.39, 0.29) is 6.61 Å². The first-order chi connectivity index (χ1) is 10.1. The predicted molar refractivity (Wildman–Crippen MR) is 77.3 cm³/mol. The van der Waals surface area contributed by atoms with E-state index in [9.17, 15) is 9.59 Å². The number of rotatable bonds is 3. The van der Waals surface area contributed by atoms with Crippen LogP contribution in [0.4, 0.5) is 0 Å². The molecule has 0 atom stereocenters. The smallest absolute Gasteiger partial charge is 0.397 e. The summed E-state index contributed by atoms with van der Waals surface area (Å²) in [5.41, 5.74) is 0.884. The molecule has 1 amide bonds. The van der Waals surface area contributed by atoms with Crippen LogP contribution in [0.5, 0.6) is 0 Å². The molecule has 5 nitrogen and oxygen atoms in total. The monoisotopic (exact) mass is 288 g/mol. The maximum absolute atomic E-state index is 11.9. The Labute approximate surface area is 124 Å². The van der Waals surface area contributed by atoms with Gasteiger partial charge in [-0.05, 0) is 11.5 Å². The van der Waals surface area contributed by atoms with E-state index in [0.717, 1.165) is 24.6 Å². The van der Waals surface area contributed by atoms with E-state index in [0.29, 0.717) is 19.1 Å². The summed E-state index contributed by atoms with van der Waals surface area (Å²) in [5.74, 6) is -0.518. The third-order valence-corrected chi connectivity index (χ3v) is 4.15. The predicted octanol–water partition coefficient (Wildman–Crippen LogP) is 0.892. The van der Waals surface area contributed by atoms with E-state index in [2.05, 4.69) is 11.8 Å². The van der Waals surface area contributed by atoms with Gasteiger partial charge >= 0.3 is 11.9 Å². The lowest BCUT2D eigenvalue weighted by Gasteiger charge is -2.50. The molecule has 2 fully saturated rings. The van der Waals surface area contributed by atoms with Crippen molar-refractivity contribution in [1.29, 1.82) is 0 Å². The molecule has 0 saturated carbocycles. The Morgan fingerprint density at radius 3 is 2.43 bits per heavy atom. The van der Waals surface area contributed by atoms with Gasteiger partial charge in [-0.3, -0.25) is 9.69 Å². The molecular weight excluding hydrogens is 268 g/mol. The Hall–Kier alpha value is -1.88. The van der Waals surface area contributed by atoms with E-state index in [1.165, 1.54) is 0 Å². The van der Waals surface area contributed by atoms with Gasteiger partial charge in [-0.2, -0.15) is 0 Å². The lowest BCUT2D eigenvalue weighted by Crippen LogP contribution is -2.66. The molecule has 1 aromatic carbocycles. The van der Waals surface area contributed by atoms with Crippen LogP contribution in [0.15, 0.2) is 30.3 Å². The summed E-state index contributed by atoms with van der Waals surface area (Å²) < 4.78 is 5.06. The average Bonchev–Trinajstić information content (AvgIpc) is 2.42. The van der Waals surface area contributed by atoms with Crippen LogP contribution >= 0.6 is 0 Å². The highest BCUT2D eigenvalue weighted by Gasteiger charge is 2.41. The summed E-state index contributed by atoms with van der Waals surface area (Å²) in [7, 11) is 0. The van der Waals surface area contributed by atoms with Gasteiger partial charge in [0.2, 0.25) is 0 Å². The Bertz CT molecular complexity index is 520. The largest absolute Gasteiger partial charge is 0.454 e. The van der Waals surface area contributed by atoms with Crippen molar-refractivity contribution in [2.75, 3.05) is 26.2 Å². The van der Waals surface area contributed by atoms with Crippen LogP contribution in [0, 0.1) is 5.92 Å². The first-order valence-corrected chi connectivity index (χ1v) is 7.37. The van der Waals surface area contributed by atoms with Crippen LogP contribution in [0.25, 0.3) is 0 Å². The van der Waals surface area contributed by atoms with Crippen LogP contribution < -0.4 is 0 Å². The lowest BCUT2D eigenvalue weighted by atomic mass is 9.96. The second-order valence-electron chi connectivity index (χ2n) is 5.98. The van der Waals surface area contributed by atoms with Crippen molar-refractivity contribution in [1.82, 2.24) is 9.80 Å². The van der Waals surface area contributed by atoms with Gasteiger partial charge < -0.3 is 9.64 Å². The molecule has 0 bridgehead atoms. The van der Waals surface area contributed by atoms with Gasteiger partial charge in [-0.1, -0.05) is 37.3 Å². The van der Waals surface area contributed by atoms with Gasteiger partial charge in [0, 0.05) is 32.2 Å². The standard InChI is InChI=1S/C16H20N2O3/c1-12-7-17(8-12)14-9-18(10-14)15(19)16(20)21-11-13-5-3-2-4-6-13/h2-6,12,14H,7-11H2,1H3. The van der Waals surface area contributed by atoms with Gasteiger partial charge in [0.05, 0.1) is 0 Å². The van der Waals surface area contributed by atoms with E-state index in [1.54, 1.807) is 4.90 Å². The molecule has 21 heavy (non-hydrogen) atoms. The Morgan fingerprint density at radius 2 is 1.81 bits per heavy atom. The number of carbonyl (C=O) groups excluding carboxylic acids is 2. The van der Waals surface area contributed by atoms with Crippen LogP contribution in [0.2, 0.25) is 0 Å². The maximum Gasteiger partial charge on any atom is 0.397 e.